The van der Waals surface area contributed by atoms with Gasteiger partial charge in [-0.1, -0.05) is 42.5 Å². The number of hydrogen-bond acceptors (Lipinski definition) is 3. The van der Waals surface area contributed by atoms with Crippen molar-refractivity contribution in [2.75, 3.05) is 5.32 Å². The molecule has 2 aromatic carbocycles. The van der Waals surface area contributed by atoms with Gasteiger partial charge in [-0.3, -0.25) is 14.6 Å². The number of nitrogens with zero attached hydrogens (tertiary/aromatic N) is 3. The second-order valence-electron chi connectivity index (χ2n) is 5.92. The Bertz CT molecular complexity index is 1010. The average molecular weight is 343 g/mol. The Labute approximate surface area is 150 Å². The summed E-state index contributed by atoms with van der Waals surface area (Å²) in [4.78, 5) is 12.5. The standard InChI is InChI=1S/C20H17N5O/c26-20(17-12-22-25(14-17)13-15-5-2-1-3-6-15)23-18-8-4-7-16(11-18)19-9-10-21-24-19/h1-12,14H,13H2,(H,21,24)(H,23,26). The van der Waals surface area contributed by atoms with E-state index in [1.807, 2.05) is 60.7 Å². The molecule has 1 amide bonds. The van der Waals surface area contributed by atoms with E-state index in [-0.39, 0.29) is 5.91 Å². The maximum atomic E-state index is 12.5. The Morgan fingerprint density at radius 1 is 1.08 bits per heavy atom. The second kappa shape index (κ2) is 7.06. The topological polar surface area (TPSA) is 75.6 Å². The molecule has 6 heteroatoms. The molecule has 0 fully saturated rings. The summed E-state index contributed by atoms with van der Waals surface area (Å²) in [6.07, 6.45) is 5.03. The van der Waals surface area contributed by atoms with E-state index in [0.29, 0.717) is 12.1 Å². The van der Waals surface area contributed by atoms with E-state index in [1.165, 1.54) is 0 Å². The summed E-state index contributed by atoms with van der Waals surface area (Å²) in [6.45, 7) is 0.628. The van der Waals surface area contributed by atoms with Gasteiger partial charge in [0.05, 0.1) is 24.0 Å². The fourth-order valence-corrected chi connectivity index (χ4v) is 2.72. The summed E-state index contributed by atoms with van der Waals surface area (Å²) >= 11 is 0. The highest BCUT2D eigenvalue weighted by Gasteiger charge is 2.10. The lowest BCUT2D eigenvalue weighted by molar-refractivity contribution is 0.102. The van der Waals surface area contributed by atoms with Crippen molar-refractivity contribution in [3.63, 3.8) is 0 Å². The normalized spacial score (nSPS) is 10.6. The van der Waals surface area contributed by atoms with Crippen LogP contribution in [0.3, 0.4) is 0 Å². The largest absolute Gasteiger partial charge is 0.322 e. The molecule has 6 nitrogen and oxygen atoms in total. The van der Waals surface area contributed by atoms with E-state index in [4.69, 9.17) is 0 Å². The third-order valence-corrected chi connectivity index (χ3v) is 4.02. The zero-order valence-electron chi connectivity index (χ0n) is 14.0. The Balaban J connectivity index is 1.46. The van der Waals surface area contributed by atoms with Gasteiger partial charge in [-0.2, -0.15) is 10.2 Å². The first-order chi connectivity index (χ1) is 12.8. The highest BCUT2D eigenvalue weighted by molar-refractivity contribution is 6.04. The minimum atomic E-state index is -0.189. The van der Waals surface area contributed by atoms with E-state index >= 15 is 0 Å². The van der Waals surface area contributed by atoms with Gasteiger partial charge in [0, 0.05) is 23.6 Å². The van der Waals surface area contributed by atoms with Crippen LogP contribution in [0.15, 0.2) is 79.3 Å². The number of aromatic amines is 1. The molecule has 4 rings (SSSR count). The second-order valence-corrected chi connectivity index (χ2v) is 5.92. The number of aromatic nitrogens is 4. The molecule has 2 N–H and O–H groups in total. The highest BCUT2D eigenvalue weighted by Crippen LogP contribution is 2.20. The number of anilines is 1. The monoisotopic (exact) mass is 343 g/mol. The third-order valence-electron chi connectivity index (χ3n) is 4.02. The lowest BCUT2D eigenvalue weighted by atomic mass is 10.1. The summed E-state index contributed by atoms with van der Waals surface area (Å²) in [5.41, 5.74) is 4.23. The van der Waals surface area contributed by atoms with Crippen LogP contribution in [0, 0.1) is 0 Å². The first-order valence-corrected chi connectivity index (χ1v) is 8.25. The van der Waals surface area contributed by atoms with E-state index in [2.05, 4.69) is 20.6 Å². The van der Waals surface area contributed by atoms with Gasteiger partial charge < -0.3 is 5.32 Å². The van der Waals surface area contributed by atoms with Crippen LogP contribution in [0.2, 0.25) is 0 Å². The molecule has 0 bridgehead atoms. The number of carbonyl (C=O) groups is 1. The molecule has 0 aliphatic carbocycles. The molecule has 4 aromatic rings. The van der Waals surface area contributed by atoms with Crippen molar-refractivity contribution in [3.8, 4) is 11.3 Å². The predicted molar refractivity (Wildman–Crippen MR) is 99.7 cm³/mol. The van der Waals surface area contributed by atoms with Crippen molar-refractivity contribution >= 4 is 11.6 Å². The van der Waals surface area contributed by atoms with Crippen molar-refractivity contribution in [2.24, 2.45) is 0 Å². The molecule has 0 unspecified atom stereocenters. The van der Waals surface area contributed by atoms with Crippen LogP contribution in [0.5, 0.6) is 0 Å². The number of benzene rings is 2. The van der Waals surface area contributed by atoms with Crippen LogP contribution >= 0.6 is 0 Å². The Morgan fingerprint density at radius 3 is 2.77 bits per heavy atom. The molecule has 0 saturated carbocycles. The molecule has 0 aliphatic rings. The first-order valence-electron chi connectivity index (χ1n) is 8.25. The average Bonchev–Trinajstić information content (AvgIpc) is 3.35. The first kappa shape index (κ1) is 15.8. The zero-order valence-corrected chi connectivity index (χ0v) is 14.0. The van der Waals surface area contributed by atoms with Crippen molar-refractivity contribution in [1.29, 1.82) is 0 Å². The Hall–Kier alpha value is -3.67. The molecule has 128 valence electrons. The summed E-state index contributed by atoms with van der Waals surface area (Å²) in [7, 11) is 0. The van der Waals surface area contributed by atoms with Gasteiger partial charge in [0.2, 0.25) is 0 Å². The highest BCUT2D eigenvalue weighted by atomic mass is 16.1. The van der Waals surface area contributed by atoms with Crippen molar-refractivity contribution in [2.45, 2.75) is 6.54 Å². The lowest BCUT2D eigenvalue weighted by Gasteiger charge is -2.05. The Morgan fingerprint density at radius 2 is 1.96 bits per heavy atom. The number of amides is 1. The molecule has 0 radical (unpaired) electrons. The van der Waals surface area contributed by atoms with Crippen LogP contribution in [0.25, 0.3) is 11.3 Å². The van der Waals surface area contributed by atoms with E-state index in [0.717, 1.165) is 22.5 Å². The fraction of sp³-hybridized carbons (Fsp3) is 0.0500. The molecule has 0 aliphatic heterocycles. The molecule has 0 atom stereocenters. The van der Waals surface area contributed by atoms with Crippen LogP contribution in [-0.2, 0) is 6.54 Å². The molecular formula is C20H17N5O. The summed E-state index contributed by atoms with van der Waals surface area (Å²) < 4.78 is 1.76. The molecular weight excluding hydrogens is 326 g/mol. The van der Waals surface area contributed by atoms with E-state index in [1.54, 1.807) is 23.3 Å². The van der Waals surface area contributed by atoms with Crippen molar-refractivity contribution in [1.82, 2.24) is 20.0 Å². The molecule has 0 spiro atoms. The molecule has 0 saturated heterocycles. The van der Waals surface area contributed by atoms with Crippen LogP contribution in [0.1, 0.15) is 15.9 Å². The minimum absolute atomic E-state index is 0.189. The molecule has 26 heavy (non-hydrogen) atoms. The quantitative estimate of drug-likeness (QED) is 0.582. The predicted octanol–water partition coefficient (Wildman–Crippen LogP) is 3.57. The molecule has 2 aromatic heterocycles. The van der Waals surface area contributed by atoms with Gasteiger partial charge in [-0.25, -0.2) is 0 Å². The van der Waals surface area contributed by atoms with Crippen LogP contribution in [0.4, 0.5) is 5.69 Å². The SMILES string of the molecule is O=C(Nc1cccc(-c2ccn[nH]2)c1)c1cnn(Cc2ccccc2)c1. The van der Waals surface area contributed by atoms with Crippen LogP contribution in [-0.4, -0.2) is 25.9 Å². The van der Waals surface area contributed by atoms with Gasteiger partial charge in [0.15, 0.2) is 0 Å². The maximum Gasteiger partial charge on any atom is 0.258 e. The smallest absolute Gasteiger partial charge is 0.258 e. The Kier molecular flexibility index (Phi) is 4.30. The van der Waals surface area contributed by atoms with Crippen molar-refractivity contribution in [3.05, 3.63) is 90.4 Å². The lowest BCUT2D eigenvalue weighted by Crippen LogP contribution is -2.11. The summed E-state index contributed by atoms with van der Waals surface area (Å²) in [5, 5.41) is 14.1. The van der Waals surface area contributed by atoms with Crippen LogP contribution < -0.4 is 5.32 Å². The molecule has 2 heterocycles. The van der Waals surface area contributed by atoms with E-state index in [9.17, 15) is 4.79 Å². The number of H-pyrrole nitrogens is 1. The number of nitrogens with one attached hydrogen (secondary N) is 2. The van der Waals surface area contributed by atoms with Gasteiger partial charge in [-0.05, 0) is 23.8 Å². The number of carbonyl (C=O) groups excluding carboxylic acids is 1. The third kappa shape index (κ3) is 3.54. The minimum Gasteiger partial charge on any atom is -0.322 e. The maximum absolute atomic E-state index is 12.5. The van der Waals surface area contributed by atoms with Gasteiger partial charge in [-0.15, -0.1) is 0 Å². The van der Waals surface area contributed by atoms with E-state index < -0.39 is 0 Å². The fourth-order valence-electron chi connectivity index (χ4n) is 2.72. The van der Waals surface area contributed by atoms with Gasteiger partial charge in [0.25, 0.3) is 5.91 Å². The number of rotatable bonds is 5. The van der Waals surface area contributed by atoms with Gasteiger partial charge >= 0.3 is 0 Å². The number of hydrogen-bond donors (Lipinski definition) is 2. The van der Waals surface area contributed by atoms with Gasteiger partial charge in [0.1, 0.15) is 0 Å². The van der Waals surface area contributed by atoms with Crippen molar-refractivity contribution < 1.29 is 4.79 Å². The summed E-state index contributed by atoms with van der Waals surface area (Å²) in [5.74, 6) is -0.189. The summed E-state index contributed by atoms with van der Waals surface area (Å²) in [6, 6.07) is 19.5. The zero-order chi connectivity index (χ0) is 17.8.